The second-order valence-electron chi connectivity index (χ2n) is 6.62. The highest BCUT2D eigenvalue weighted by molar-refractivity contribution is 5.75. The summed E-state index contributed by atoms with van der Waals surface area (Å²) >= 11 is 0. The maximum Gasteiger partial charge on any atom is 0.221 e. The van der Waals surface area contributed by atoms with Crippen molar-refractivity contribution in [1.29, 1.82) is 0 Å². The fraction of sp³-hybridized carbons (Fsp3) is 0.526. The summed E-state index contributed by atoms with van der Waals surface area (Å²) in [5.74, 6) is 1.77. The highest BCUT2D eigenvalue weighted by atomic mass is 16.5. The molecule has 8 heteroatoms. The molecular weight excluding hydrogens is 346 g/mol. The average molecular weight is 373 g/mol. The molecule has 1 aromatic carbocycles. The normalized spacial score (nSPS) is 16.9. The Morgan fingerprint density at radius 1 is 1.41 bits per heavy atom. The van der Waals surface area contributed by atoms with Gasteiger partial charge in [-0.25, -0.2) is 4.98 Å². The highest BCUT2D eigenvalue weighted by Gasteiger charge is 2.22. The maximum absolute atomic E-state index is 12.0. The van der Waals surface area contributed by atoms with E-state index in [4.69, 9.17) is 9.47 Å². The first-order chi connectivity index (χ1) is 13.2. The molecule has 146 valence electrons. The van der Waals surface area contributed by atoms with Crippen LogP contribution in [0.4, 0.5) is 0 Å². The van der Waals surface area contributed by atoms with Gasteiger partial charge in [0, 0.05) is 38.2 Å². The van der Waals surface area contributed by atoms with Gasteiger partial charge in [-0.3, -0.25) is 14.4 Å². The van der Waals surface area contributed by atoms with E-state index in [9.17, 15) is 4.79 Å². The topological polar surface area (TPSA) is 81.5 Å². The zero-order valence-electron chi connectivity index (χ0n) is 15.9. The molecule has 1 atom stereocenters. The molecule has 0 aliphatic carbocycles. The van der Waals surface area contributed by atoms with Gasteiger partial charge in [-0.15, -0.1) is 0 Å². The van der Waals surface area contributed by atoms with E-state index in [2.05, 4.69) is 27.2 Å². The summed E-state index contributed by atoms with van der Waals surface area (Å²) in [5, 5.41) is 6.98. The van der Waals surface area contributed by atoms with Crippen LogP contribution >= 0.6 is 0 Å². The van der Waals surface area contributed by atoms with Crippen LogP contribution in [0.25, 0.3) is 0 Å². The molecule has 0 fully saturated rings. The van der Waals surface area contributed by atoms with E-state index in [1.54, 1.807) is 18.1 Å². The van der Waals surface area contributed by atoms with Crippen molar-refractivity contribution >= 4 is 5.91 Å². The lowest BCUT2D eigenvalue weighted by molar-refractivity contribution is -0.121. The molecule has 0 bridgehead atoms. The summed E-state index contributed by atoms with van der Waals surface area (Å²) < 4.78 is 13.1. The van der Waals surface area contributed by atoms with Crippen LogP contribution in [-0.2, 0) is 17.9 Å². The molecule has 1 unspecified atom stereocenters. The minimum atomic E-state index is 0.0192. The van der Waals surface area contributed by atoms with Crippen molar-refractivity contribution < 1.29 is 14.3 Å². The number of carbonyl (C=O) groups excluding carboxylic acids is 1. The number of hydrogen-bond acceptors (Lipinski definition) is 6. The Morgan fingerprint density at radius 2 is 2.30 bits per heavy atom. The highest BCUT2D eigenvalue weighted by Crippen LogP contribution is 2.29. The largest absolute Gasteiger partial charge is 0.497 e. The summed E-state index contributed by atoms with van der Waals surface area (Å²) in [6.45, 7) is 5.65. The van der Waals surface area contributed by atoms with Crippen molar-refractivity contribution in [3.05, 3.63) is 36.4 Å². The molecule has 2 heterocycles. The monoisotopic (exact) mass is 373 g/mol. The SMILES string of the molecule is CCC1CN(CCNC(=O)CCn2cncn2)Cc2cc(OC)ccc2O1. The predicted molar refractivity (Wildman–Crippen MR) is 101 cm³/mol. The van der Waals surface area contributed by atoms with Crippen LogP contribution in [0.3, 0.4) is 0 Å². The summed E-state index contributed by atoms with van der Waals surface area (Å²) in [6.07, 6.45) is 4.55. The van der Waals surface area contributed by atoms with Crippen LogP contribution < -0.4 is 14.8 Å². The molecule has 2 aromatic rings. The van der Waals surface area contributed by atoms with Gasteiger partial charge in [-0.2, -0.15) is 5.10 Å². The third-order valence-electron chi connectivity index (χ3n) is 4.66. The molecule has 0 spiro atoms. The number of nitrogens with one attached hydrogen (secondary N) is 1. The smallest absolute Gasteiger partial charge is 0.221 e. The van der Waals surface area contributed by atoms with E-state index in [0.29, 0.717) is 19.5 Å². The molecular formula is C19H27N5O3. The molecule has 1 aliphatic heterocycles. The Labute approximate surface area is 159 Å². The molecule has 27 heavy (non-hydrogen) atoms. The van der Waals surface area contributed by atoms with Crippen molar-refractivity contribution in [2.45, 2.75) is 39.0 Å². The van der Waals surface area contributed by atoms with Gasteiger partial charge in [0.05, 0.1) is 13.7 Å². The fourth-order valence-electron chi connectivity index (χ4n) is 3.12. The third-order valence-corrected chi connectivity index (χ3v) is 4.66. The number of nitrogens with zero attached hydrogens (tertiary/aromatic N) is 4. The van der Waals surface area contributed by atoms with Crippen molar-refractivity contribution in [2.24, 2.45) is 0 Å². The first-order valence-corrected chi connectivity index (χ1v) is 9.33. The number of rotatable bonds is 8. The van der Waals surface area contributed by atoms with Crippen LogP contribution in [0, 0.1) is 0 Å². The number of carbonyl (C=O) groups is 1. The fourth-order valence-corrected chi connectivity index (χ4v) is 3.12. The van der Waals surface area contributed by atoms with Gasteiger partial charge < -0.3 is 14.8 Å². The number of fused-ring (bicyclic) bond motifs is 1. The van der Waals surface area contributed by atoms with Crippen LogP contribution in [-0.4, -0.2) is 58.4 Å². The van der Waals surface area contributed by atoms with Gasteiger partial charge in [-0.1, -0.05) is 6.92 Å². The second-order valence-corrected chi connectivity index (χ2v) is 6.62. The Morgan fingerprint density at radius 3 is 3.04 bits per heavy atom. The number of ether oxygens (including phenoxy) is 2. The zero-order valence-corrected chi connectivity index (χ0v) is 15.9. The van der Waals surface area contributed by atoms with Crippen LogP contribution in [0.5, 0.6) is 11.5 Å². The van der Waals surface area contributed by atoms with Crippen molar-refractivity contribution in [2.75, 3.05) is 26.7 Å². The van der Waals surface area contributed by atoms with Crippen molar-refractivity contribution in [3.63, 3.8) is 0 Å². The number of methoxy groups -OCH3 is 1. The maximum atomic E-state index is 12.0. The molecule has 1 N–H and O–H groups in total. The molecule has 8 nitrogen and oxygen atoms in total. The molecule has 0 saturated heterocycles. The Balaban J connectivity index is 1.51. The van der Waals surface area contributed by atoms with E-state index in [1.807, 2.05) is 18.2 Å². The van der Waals surface area contributed by atoms with E-state index in [-0.39, 0.29) is 12.0 Å². The lowest BCUT2D eigenvalue weighted by Crippen LogP contribution is -2.38. The van der Waals surface area contributed by atoms with Gasteiger partial charge in [0.1, 0.15) is 30.3 Å². The number of aryl methyl sites for hydroxylation is 1. The summed E-state index contributed by atoms with van der Waals surface area (Å²) in [5.41, 5.74) is 1.11. The summed E-state index contributed by atoms with van der Waals surface area (Å²) in [6, 6.07) is 5.93. The van der Waals surface area contributed by atoms with Gasteiger partial charge in [-0.05, 0) is 24.6 Å². The standard InChI is InChI=1S/C19H27N5O3/c1-3-16-12-23(11-15-10-17(26-2)4-5-18(15)27-16)9-7-21-19(25)6-8-24-14-20-13-22-24/h4-5,10,13-14,16H,3,6-9,11-12H2,1-2H3,(H,21,25). The number of benzene rings is 1. The molecule has 1 aromatic heterocycles. The Kier molecular flexibility index (Phi) is 6.64. The van der Waals surface area contributed by atoms with Crippen molar-refractivity contribution in [3.8, 4) is 11.5 Å². The third kappa shape index (κ3) is 5.43. The van der Waals surface area contributed by atoms with E-state index in [0.717, 1.165) is 43.1 Å². The first kappa shape index (κ1) is 19.2. The quantitative estimate of drug-likeness (QED) is 0.755. The van der Waals surface area contributed by atoms with Gasteiger partial charge >= 0.3 is 0 Å². The minimum absolute atomic E-state index is 0.0192. The number of hydrogen-bond donors (Lipinski definition) is 1. The lowest BCUT2D eigenvalue weighted by Gasteiger charge is -2.23. The van der Waals surface area contributed by atoms with Crippen molar-refractivity contribution in [1.82, 2.24) is 25.0 Å². The van der Waals surface area contributed by atoms with E-state index < -0.39 is 0 Å². The zero-order chi connectivity index (χ0) is 19.1. The van der Waals surface area contributed by atoms with Crippen LogP contribution in [0.15, 0.2) is 30.9 Å². The van der Waals surface area contributed by atoms with Crippen LogP contribution in [0.2, 0.25) is 0 Å². The number of aromatic nitrogens is 3. The Hall–Kier alpha value is -2.61. The minimum Gasteiger partial charge on any atom is -0.497 e. The second kappa shape index (κ2) is 9.36. The summed E-state index contributed by atoms with van der Waals surface area (Å²) in [4.78, 5) is 18.2. The molecule has 0 radical (unpaired) electrons. The summed E-state index contributed by atoms with van der Waals surface area (Å²) in [7, 11) is 1.67. The molecule has 0 saturated carbocycles. The number of amides is 1. The first-order valence-electron chi connectivity index (χ1n) is 9.33. The average Bonchev–Trinajstić information content (AvgIpc) is 3.13. The van der Waals surface area contributed by atoms with Gasteiger partial charge in [0.15, 0.2) is 0 Å². The van der Waals surface area contributed by atoms with E-state index >= 15 is 0 Å². The molecule has 1 amide bonds. The Bertz CT molecular complexity index is 735. The molecule has 1 aliphatic rings. The molecule has 3 rings (SSSR count). The van der Waals surface area contributed by atoms with Crippen LogP contribution in [0.1, 0.15) is 25.3 Å². The van der Waals surface area contributed by atoms with Gasteiger partial charge in [0.2, 0.25) is 5.91 Å². The predicted octanol–water partition coefficient (Wildman–Crippen LogP) is 1.47. The lowest BCUT2D eigenvalue weighted by atomic mass is 10.2. The van der Waals surface area contributed by atoms with Gasteiger partial charge in [0.25, 0.3) is 0 Å². The van der Waals surface area contributed by atoms with E-state index in [1.165, 1.54) is 6.33 Å².